The zero-order valence-corrected chi connectivity index (χ0v) is 16.3. The predicted octanol–water partition coefficient (Wildman–Crippen LogP) is 2.12. The zero-order chi connectivity index (χ0) is 19.4. The molecule has 0 aromatic heterocycles. The van der Waals surface area contributed by atoms with E-state index in [1.54, 1.807) is 0 Å². The Bertz CT molecular complexity index is 698. The van der Waals surface area contributed by atoms with E-state index < -0.39 is 0 Å². The molecule has 0 heterocycles. The number of hydrogen-bond acceptors (Lipinski definition) is 4. The van der Waals surface area contributed by atoms with Gasteiger partial charge in [0.05, 0.1) is 0 Å². The summed E-state index contributed by atoms with van der Waals surface area (Å²) in [6, 6.07) is 18.9. The van der Waals surface area contributed by atoms with Crippen molar-refractivity contribution in [3.8, 4) is 0 Å². The van der Waals surface area contributed by atoms with Gasteiger partial charge in [-0.15, -0.1) is 12.5 Å². The van der Waals surface area contributed by atoms with Crippen LogP contribution in [0.2, 0.25) is 0 Å². The van der Waals surface area contributed by atoms with Gasteiger partial charge in [0, 0.05) is 0 Å². The average Bonchev–Trinajstić information content (AvgIpc) is 2.66. The summed E-state index contributed by atoms with van der Waals surface area (Å²) in [5.41, 5.74) is 2.62. The second-order valence-electron chi connectivity index (χ2n) is 5.72. The Morgan fingerprint density at radius 2 is 1.00 bits per heavy atom. The maximum Gasteiger partial charge on any atom is 2.00 e. The van der Waals surface area contributed by atoms with Crippen LogP contribution in [0, 0.1) is 0 Å². The van der Waals surface area contributed by atoms with Gasteiger partial charge in [-0.1, -0.05) is 60.7 Å². The van der Waals surface area contributed by atoms with Crippen molar-refractivity contribution in [2.75, 3.05) is 0 Å². The fourth-order valence-electron chi connectivity index (χ4n) is 2.13. The maximum atomic E-state index is 10.9. The monoisotopic (exact) mass is 408 g/mol. The summed E-state index contributed by atoms with van der Waals surface area (Å²) in [6.07, 6.45) is 2.13. The van der Waals surface area contributed by atoms with Crippen molar-refractivity contribution in [3.05, 3.63) is 95.5 Å². The predicted molar refractivity (Wildman–Crippen MR) is 97.8 cm³/mol. The molecule has 0 saturated carbocycles. The number of carbonyl (C=O) groups excluding carboxylic acids is 2. The third kappa shape index (κ3) is 9.57. The van der Waals surface area contributed by atoms with E-state index >= 15 is 0 Å². The van der Waals surface area contributed by atoms with E-state index in [2.05, 4.69) is 0 Å². The van der Waals surface area contributed by atoms with E-state index in [0.29, 0.717) is 36.5 Å². The molecular weight excluding hydrogens is 387 g/mol. The first-order chi connectivity index (χ1) is 12.5. The number of hydrogen-bond donors (Lipinski definition) is 0. The van der Waals surface area contributed by atoms with Crippen LogP contribution in [0.25, 0.3) is 0 Å². The number of benzene rings is 2. The number of carbonyl (C=O) groups is 2. The third-order valence-corrected chi connectivity index (χ3v) is 3.66. The molecule has 5 heteroatoms. The second kappa shape index (κ2) is 13.5. The van der Waals surface area contributed by atoms with Crippen molar-refractivity contribution in [2.24, 2.45) is 0 Å². The first-order valence-electron chi connectivity index (χ1n) is 8.19. The fraction of sp³-hybridized carbons (Fsp3) is 0.182. The smallest absolute Gasteiger partial charge is 0.878 e. The van der Waals surface area contributed by atoms with Crippen LogP contribution < -0.4 is 10.2 Å². The van der Waals surface area contributed by atoms with Gasteiger partial charge in [0.15, 0.2) is 11.6 Å². The molecule has 0 radical (unpaired) electrons. The van der Waals surface area contributed by atoms with Crippen LogP contribution in [-0.4, -0.2) is 11.6 Å². The van der Waals surface area contributed by atoms with Gasteiger partial charge >= 0.3 is 16.5 Å². The van der Waals surface area contributed by atoms with Crippen molar-refractivity contribution in [3.63, 3.8) is 0 Å². The van der Waals surface area contributed by atoms with Gasteiger partial charge in [-0.2, -0.15) is 0 Å². The van der Waals surface area contributed by atoms with Crippen LogP contribution in [0.3, 0.4) is 0 Å². The van der Waals surface area contributed by atoms with E-state index in [0.717, 1.165) is 11.1 Å². The van der Waals surface area contributed by atoms with Gasteiger partial charge in [-0.05, 0) is 49.0 Å². The number of rotatable bonds is 6. The fourth-order valence-corrected chi connectivity index (χ4v) is 2.13. The topological polar surface area (TPSA) is 80.3 Å². The minimum atomic E-state index is -0.154. The van der Waals surface area contributed by atoms with E-state index in [4.69, 9.17) is 0 Å². The zero-order valence-electron chi connectivity index (χ0n) is 15.3. The van der Waals surface area contributed by atoms with Crippen molar-refractivity contribution in [1.29, 1.82) is 0 Å². The largest absolute Gasteiger partial charge is 2.00 e. The first kappa shape index (κ1) is 24.4. The van der Waals surface area contributed by atoms with Crippen molar-refractivity contribution >= 4 is 11.6 Å². The molecule has 0 spiro atoms. The van der Waals surface area contributed by atoms with Gasteiger partial charge in [0.1, 0.15) is 0 Å². The van der Waals surface area contributed by atoms with Gasteiger partial charge < -0.3 is 10.2 Å². The molecule has 2 aromatic carbocycles. The Hall–Kier alpha value is -2.65. The Kier molecular flexibility index (Phi) is 12.2. The Balaban J connectivity index is 0.000000483. The van der Waals surface area contributed by atoms with E-state index in [1.165, 1.54) is 13.8 Å². The molecule has 0 saturated heterocycles. The van der Waals surface area contributed by atoms with Crippen molar-refractivity contribution in [1.82, 2.24) is 0 Å². The van der Waals surface area contributed by atoms with Crippen LogP contribution in [0.15, 0.2) is 84.3 Å². The molecule has 0 bridgehead atoms. The average molecular weight is 409 g/mol. The molecule has 0 amide bonds. The Morgan fingerprint density at radius 3 is 1.22 bits per heavy atom. The number of ketones is 2. The van der Waals surface area contributed by atoms with Gasteiger partial charge in [0.25, 0.3) is 0 Å². The van der Waals surface area contributed by atoms with Crippen LogP contribution in [-0.2, 0) is 38.9 Å². The molecule has 2 rings (SSSR count). The molecule has 0 atom stereocenters. The van der Waals surface area contributed by atoms with E-state index in [9.17, 15) is 19.8 Å². The van der Waals surface area contributed by atoms with Crippen LogP contribution in [0.5, 0.6) is 0 Å². The SMILES string of the molecule is CC(=O)/C(=C\[O-])Cc1ccccc1.CC(=O)/C(=C\[O-])Cc1ccccc1.[Ni+2]. The first-order valence-corrected chi connectivity index (χ1v) is 8.19. The Morgan fingerprint density at radius 1 is 0.704 bits per heavy atom. The normalized spacial score (nSPS) is 10.9. The molecular formula is C22H22NiO4. The quantitative estimate of drug-likeness (QED) is 0.416. The summed E-state index contributed by atoms with van der Waals surface area (Å²) in [7, 11) is 0. The summed E-state index contributed by atoms with van der Waals surface area (Å²) in [5, 5.41) is 21.0. The summed E-state index contributed by atoms with van der Waals surface area (Å²) < 4.78 is 0. The Labute approximate surface area is 170 Å². The summed E-state index contributed by atoms with van der Waals surface area (Å²) in [6.45, 7) is 2.82. The minimum absolute atomic E-state index is 0. The van der Waals surface area contributed by atoms with Crippen LogP contribution >= 0.6 is 0 Å². The van der Waals surface area contributed by atoms with Crippen LogP contribution in [0.4, 0.5) is 0 Å². The molecule has 4 nitrogen and oxygen atoms in total. The summed E-state index contributed by atoms with van der Waals surface area (Å²) >= 11 is 0. The molecule has 0 unspecified atom stereocenters. The molecule has 0 N–H and O–H groups in total. The van der Waals surface area contributed by atoms with Gasteiger partial charge in [-0.25, -0.2) is 0 Å². The summed E-state index contributed by atoms with van der Waals surface area (Å²) in [5.74, 6) is -0.308. The molecule has 144 valence electrons. The molecule has 2 aromatic rings. The molecule has 0 aliphatic heterocycles. The maximum absolute atomic E-state index is 10.9. The van der Waals surface area contributed by atoms with Crippen LogP contribution in [0.1, 0.15) is 25.0 Å². The van der Waals surface area contributed by atoms with Gasteiger partial charge in [-0.3, -0.25) is 9.59 Å². The standard InChI is InChI=1S/2C11H12O2.Ni/c2*1-9(13)11(8-12)7-10-5-3-2-4-6-10;/h2*2-6,8,12H,7H2,1H3;/q;;+2/p-2/b2*11-8-;. The third-order valence-electron chi connectivity index (χ3n) is 3.66. The van der Waals surface area contributed by atoms with Gasteiger partial charge in [0.2, 0.25) is 0 Å². The second-order valence-corrected chi connectivity index (χ2v) is 5.72. The van der Waals surface area contributed by atoms with Crippen molar-refractivity contribution < 1.29 is 36.3 Å². The van der Waals surface area contributed by atoms with E-state index in [-0.39, 0.29) is 28.1 Å². The number of allylic oxidation sites excluding steroid dienone is 2. The molecule has 0 aliphatic carbocycles. The minimum Gasteiger partial charge on any atom is -0.878 e. The molecule has 0 aliphatic rings. The molecule has 27 heavy (non-hydrogen) atoms. The number of Topliss-reactive ketones (excluding diaryl/α,β-unsaturated/α-hetero) is 2. The van der Waals surface area contributed by atoms with E-state index in [1.807, 2.05) is 60.7 Å². The molecule has 0 fully saturated rings. The van der Waals surface area contributed by atoms with Crippen molar-refractivity contribution in [2.45, 2.75) is 26.7 Å². The summed E-state index contributed by atoms with van der Waals surface area (Å²) in [4.78, 5) is 21.8.